The molecule has 3 nitrogen and oxygen atoms in total. The van der Waals surface area contributed by atoms with Gasteiger partial charge in [-0.3, -0.25) is 0 Å². The van der Waals surface area contributed by atoms with Crippen LogP contribution in [0.4, 0.5) is 0 Å². The van der Waals surface area contributed by atoms with Crippen molar-refractivity contribution in [2.75, 3.05) is 21.3 Å². The van der Waals surface area contributed by atoms with Crippen LogP contribution in [0.2, 0.25) is 0 Å². The lowest BCUT2D eigenvalue weighted by Gasteiger charge is -2.11. The maximum atomic E-state index is 7.14. The molecule has 1 aromatic rings. The average Bonchev–Trinajstić information content (AvgIpc) is 2.26. The number of ether oxygens (including phenoxy) is 3. The van der Waals surface area contributed by atoms with Gasteiger partial charge in [0.25, 0.3) is 0 Å². The quantitative estimate of drug-likeness (QED) is 0.680. The van der Waals surface area contributed by atoms with E-state index in [-0.39, 0.29) is 0 Å². The molecule has 0 heterocycles. The number of hydrogen-bond acceptors (Lipinski definition) is 3. The molecule has 0 bridgehead atoms. The molecule has 0 aliphatic heterocycles. The van der Waals surface area contributed by atoms with Gasteiger partial charge in [-0.1, -0.05) is 0 Å². The molecule has 0 unspecified atom stereocenters. The van der Waals surface area contributed by atoms with Gasteiger partial charge < -0.3 is 14.2 Å². The van der Waals surface area contributed by atoms with Crippen LogP contribution in [-0.2, 0) is 0 Å². The van der Waals surface area contributed by atoms with Gasteiger partial charge in [-0.05, 0) is 24.5 Å². The topological polar surface area (TPSA) is 27.7 Å². The van der Waals surface area contributed by atoms with Crippen molar-refractivity contribution in [2.45, 2.75) is 0 Å². The molecule has 0 aliphatic rings. The molecule has 0 aliphatic carbocycles. The molecular formula is C11H11O3. The van der Waals surface area contributed by atoms with Crippen LogP contribution >= 0.6 is 0 Å². The van der Waals surface area contributed by atoms with Crippen molar-refractivity contribution in [3.05, 3.63) is 24.1 Å². The number of methoxy groups -OCH3 is 3. The van der Waals surface area contributed by atoms with E-state index < -0.39 is 0 Å². The van der Waals surface area contributed by atoms with Gasteiger partial charge in [0.1, 0.15) is 11.3 Å². The van der Waals surface area contributed by atoms with E-state index in [4.69, 9.17) is 20.6 Å². The van der Waals surface area contributed by atoms with Crippen LogP contribution in [0.3, 0.4) is 0 Å². The first kappa shape index (κ1) is 10.3. The number of hydrogen-bond donors (Lipinski definition) is 0. The van der Waals surface area contributed by atoms with E-state index >= 15 is 0 Å². The molecule has 0 amide bonds. The van der Waals surface area contributed by atoms with Crippen molar-refractivity contribution in [1.29, 1.82) is 0 Å². The summed E-state index contributed by atoms with van der Waals surface area (Å²) in [6.45, 7) is 0. The zero-order chi connectivity index (χ0) is 10.6. The SMILES string of the molecule is [C]#Cc1c(OC)ccc(OC)c1OC. The third-order valence-corrected chi connectivity index (χ3v) is 1.85. The molecule has 14 heavy (non-hydrogen) atoms. The summed E-state index contributed by atoms with van der Waals surface area (Å²) in [4.78, 5) is 0. The monoisotopic (exact) mass is 191 g/mol. The van der Waals surface area contributed by atoms with Crippen molar-refractivity contribution in [3.8, 4) is 23.2 Å². The first-order valence-corrected chi connectivity index (χ1v) is 4.00. The Hall–Kier alpha value is -1.82. The minimum atomic E-state index is 0.453. The van der Waals surface area contributed by atoms with Crippen LogP contribution < -0.4 is 14.2 Å². The van der Waals surface area contributed by atoms with Crippen molar-refractivity contribution < 1.29 is 14.2 Å². The van der Waals surface area contributed by atoms with Gasteiger partial charge in [-0.25, -0.2) is 0 Å². The lowest BCUT2D eigenvalue weighted by Crippen LogP contribution is -1.96. The summed E-state index contributed by atoms with van der Waals surface area (Å²) >= 11 is 0. The lowest BCUT2D eigenvalue weighted by molar-refractivity contribution is 0.347. The molecule has 0 N–H and O–H groups in total. The largest absolute Gasteiger partial charge is 0.495 e. The highest BCUT2D eigenvalue weighted by Gasteiger charge is 2.13. The fraction of sp³-hybridized carbons (Fsp3) is 0.273. The highest BCUT2D eigenvalue weighted by atomic mass is 16.5. The summed E-state index contributed by atoms with van der Waals surface area (Å²) in [5, 5.41) is 0. The molecule has 0 spiro atoms. The van der Waals surface area contributed by atoms with Gasteiger partial charge in [0.15, 0.2) is 11.5 Å². The highest BCUT2D eigenvalue weighted by Crippen LogP contribution is 2.36. The van der Waals surface area contributed by atoms with Crippen molar-refractivity contribution in [1.82, 2.24) is 0 Å². The summed E-state index contributed by atoms with van der Waals surface area (Å²) in [6, 6.07) is 3.43. The molecule has 0 saturated carbocycles. The van der Waals surface area contributed by atoms with Crippen LogP contribution in [0, 0.1) is 12.3 Å². The molecule has 0 aromatic heterocycles. The van der Waals surface area contributed by atoms with Gasteiger partial charge in [-0.2, -0.15) is 0 Å². The fourth-order valence-electron chi connectivity index (χ4n) is 1.20. The molecule has 1 rings (SSSR count). The van der Waals surface area contributed by atoms with E-state index in [9.17, 15) is 0 Å². The Morgan fingerprint density at radius 3 is 2.00 bits per heavy atom. The molecular weight excluding hydrogens is 180 g/mol. The minimum absolute atomic E-state index is 0.453. The normalized spacial score (nSPS) is 9.00. The standard InChI is InChI=1S/C11H11O3/c1-5-8-9(12-2)6-7-10(13-3)11(8)14-4/h6-7H,2-4H3. The summed E-state index contributed by atoms with van der Waals surface area (Å²) in [6.07, 6.45) is 7.14. The first-order chi connectivity index (χ1) is 6.78. The van der Waals surface area contributed by atoms with Crippen LogP contribution in [0.1, 0.15) is 5.56 Å². The Balaban J connectivity index is 3.38. The van der Waals surface area contributed by atoms with Crippen molar-refractivity contribution >= 4 is 0 Å². The predicted molar refractivity (Wildman–Crippen MR) is 52.3 cm³/mol. The van der Waals surface area contributed by atoms with Crippen LogP contribution in [-0.4, -0.2) is 21.3 Å². The third-order valence-electron chi connectivity index (χ3n) is 1.85. The molecule has 0 saturated heterocycles. The Bertz CT molecular complexity index is 364. The van der Waals surface area contributed by atoms with Crippen LogP contribution in [0.25, 0.3) is 0 Å². The van der Waals surface area contributed by atoms with Gasteiger partial charge in [-0.15, -0.1) is 0 Å². The van der Waals surface area contributed by atoms with E-state index in [1.54, 1.807) is 12.1 Å². The lowest BCUT2D eigenvalue weighted by atomic mass is 10.1. The Morgan fingerprint density at radius 1 is 1.00 bits per heavy atom. The minimum Gasteiger partial charge on any atom is -0.495 e. The molecule has 1 radical (unpaired) electrons. The summed E-state index contributed by atoms with van der Waals surface area (Å²) < 4.78 is 15.2. The highest BCUT2D eigenvalue weighted by molar-refractivity contribution is 5.60. The molecule has 73 valence electrons. The maximum Gasteiger partial charge on any atom is 0.180 e. The summed E-state index contributed by atoms with van der Waals surface area (Å²) in [7, 11) is 4.58. The van der Waals surface area contributed by atoms with E-state index in [0.29, 0.717) is 22.8 Å². The van der Waals surface area contributed by atoms with Crippen LogP contribution in [0.15, 0.2) is 12.1 Å². The second kappa shape index (κ2) is 4.43. The van der Waals surface area contributed by atoms with E-state index in [2.05, 4.69) is 5.92 Å². The fourth-order valence-corrected chi connectivity index (χ4v) is 1.20. The molecule has 0 atom stereocenters. The van der Waals surface area contributed by atoms with Crippen molar-refractivity contribution in [2.24, 2.45) is 0 Å². The van der Waals surface area contributed by atoms with Gasteiger partial charge >= 0.3 is 0 Å². The Labute approximate surface area is 83.6 Å². The van der Waals surface area contributed by atoms with Gasteiger partial charge in [0, 0.05) is 0 Å². The maximum absolute atomic E-state index is 7.14. The predicted octanol–water partition coefficient (Wildman–Crippen LogP) is 1.65. The molecule has 3 heteroatoms. The number of rotatable bonds is 3. The molecule has 0 fully saturated rings. The van der Waals surface area contributed by atoms with E-state index in [0.717, 1.165) is 0 Å². The smallest absolute Gasteiger partial charge is 0.180 e. The summed E-state index contributed by atoms with van der Waals surface area (Å²) in [5.41, 5.74) is 0.453. The van der Waals surface area contributed by atoms with Crippen LogP contribution in [0.5, 0.6) is 17.2 Å². The zero-order valence-electron chi connectivity index (χ0n) is 8.38. The zero-order valence-corrected chi connectivity index (χ0v) is 8.38. The van der Waals surface area contributed by atoms with Crippen molar-refractivity contribution in [3.63, 3.8) is 0 Å². The van der Waals surface area contributed by atoms with Gasteiger partial charge in [0.05, 0.1) is 21.3 Å². The third kappa shape index (κ3) is 1.60. The Kier molecular flexibility index (Phi) is 3.24. The van der Waals surface area contributed by atoms with Gasteiger partial charge in [0.2, 0.25) is 0 Å². The van der Waals surface area contributed by atoms with E-state index in [1.807, 2.05) is 0 Å². The average molecular weight is 191 g/mol. The molecule has 1 aromatic carbocycles. The second-order valence-corrected chi connectivity index (χ2v) is 2.50. The first-order valence-electron chi connectivity index (χ1n) is 4.00. The summed E-state index contributed by atoms with van der Waals surface area (Å²) in [5.74, 6) is 3.82. The Morgan fingerprint density at radius 2 is 1.57 bits per heavy atom. The number of benzene rings is 1. The van der Waals surface area contributed by atoms with E-state index in [1.165, 1.54) is 21.3 Å². The second-order valence-electron chi connectivity index (χ2n) is 2.50.